The van der Waals surface area contributed by atoms with E-state index in [4.69, 9.17) is 9.47 Å². The molecule has 0 rings (SSSR count). The minimum atomic E-state index is -0.726. The summed E-state index contributed by atoms with van der Waals surface area (Å²) in [5.41, 5.74) is -1.45. The molecule has 0 heterocycles. The average molecular weight is 254 g/mol. The number of hydrogen-bond acceptors (Lipinski definition) is 3. The van der Waals surface area contributed by atoms with Gasteiger partial charge in [-0.3, -0.25) is 0 Å². The molecule has 0 spiro atoms. The summed E-state index contributed by atoms with van der Waals surface area (Å²) >= 11 is 0. The van der Waals surface area contributed by atoms with E-state index in [1.807, 2.05) is 41.5 Å². The number of carbonyl (C=O) groups excluding carboxylic acids is 1. The standard InChI is InChI=1S/C15H26O3/c1-9-14(7,11(3)4)17-13(16)18-15(8,10-2)12(5)6/h9-12H,1-2H2,3-8H3. The van der Waals surface area contributed by atoms with Crippen molar-refractivity contribution >= 4 is 6.16 Å². The summed E-state index contributed by atoms with van der Waals surface area (Å²) in [5, 5.41) is 0. The van der Waals surface area contributed by atoms with Gasteiger partial charge in [-0.1, -0.05) is 40.9 Å². The molecule has 0 saturated heterocycles. The van der Waals surface area contributed by atoms with Crippen molar-refractivity contribution in [1.82, 2.24) is 0 Å². The minimum Gasteiger partial charge on any atom is -0.423 e. The highest BCUT2D eigenvalue weighted by atomic mass is 16.7. The molecule has 0 amide bonds. The van der Waals surface area contributed by atoms with E-state index in [1.165, 1.54) is 0 Å². The van der Waals surface area contributed by atoms with Gasteiger partial charge in [0.25, 0.3) is 0 Å². The van der Waals surface area contributed by atoms with Crippen LogP contribution in [0, 0.1) is 11.8 Å². The van der Waals surface area contributed by atoms with Crippen molar-refractivity contribution in [3.63, 3.8) is 0 Å². The van der Waals surface area contributed by atoms with Crippen LogP contribution < -0.4 is 0 Å². The first kappa shape index (κ1) is 16.8. The first-order valence-electron chi connectivity index (χ1n) is 6.30. The Kier molecular flexibility index (Phi) is 5.65. The van der Waals surface area contributed by atoms with Crippen molar-refractivity contribution in [2.24, 2.45) is 11.8 Å². The van der Waals surface area contributed by atoms with Crippen LogP contribution in [-0.2, 0) is 9.47 Å². The average Bonchev–Trinajstić information content (AvgIpc) is 2.27. The summed E-state index contributed by atoms with van der Waals surface area (Å²) in [4.78, 5) is 11.9. The normalized spacial score (nSPS) is 17.8. The Morgan fingerprint density at radius 1 is 0.944 bits per heavy atom. The van der Waals surface area contributed by atoms with Gasteiger partial charge in [0, 0.05) is 0 Å². The number of rotatable bonds is 6. The molecule has 3 heteroatoms. The maximum Gasteiger partial charge on any atom is 0.510 e. The molecule has 0 aliphatic heterocycles. The van der Waals surface area contributed by atoms with E-state index in [-0.39, 0.29) is 11.8 Å². The van der Waals surface area contributed by atoms with E-state index >= 15 is 0 Å². The van der Waals surface area contributed by atoms with Crippen LogP contribution >= 0.6 is 0 Å². The second-order valence-corrected chi connectivity index (χ2v) is 5.54. The van der Waals surface area contributed by atoms with E-state index in [9.17, 15) is 4.79 Å². The second-order valence-electron chi connectivity index (χ2n) is 5.54. The van der Waals surface area contributed by atoms with Crippen molar-refractivity contribution < 1.29 is 14.3 Å². The summed E-state index contributed by atoms with van der Waals surface area (Å²) in [6, 6.07) is 0. The van der Waals surface area contributed by atoms with Gasteiger partial charge in [-0.2, -0.15) is 0 Å². The van der Waals surface area contributed by atoms with Gasteiger partial charge in [0.15, 0.2) is 0 Å². The Labute approximate surface area is 111 Å². The van der Waals surface area contributed by atoms with Gasteiger partial charge >= 0.3 is 6.16 Å². The smallest absolute Gasteiger partial charge is 0.423 e. The number of ether oxygens (including phenoxy) is 2. The summed E-state index contributed by atoms with van der Waals surface area (Å²) in [7, 11) is 0. The Morgan fingerprint density at radius 3 is 1.39 bits per heavy atom. The molecule has 2 unspecified atom stereocenters. The predicted molar refractivity (Wildman–Crippen MR) is 74.4 cm³/mol. The highest BCUT2D eigenvalue weighted by Gasteiger charge is 2.35. The monoisotopic (exact) mass is 254 g/mol. The van der Waals surface area contributed by atoms with Gasteiger partial charge in [0.2, 0.25) is 0 Å². The molecule has 3 nitrogen and oxygen atoms in total. The zero-order valence-corrected chi connectivity index (χ0v) is 12.4. The first-order valence-corrected chi connectivity index (χ1v) is 6.30. The Bertz CT molecular complexity index is 290. The number of hydrogen-bond donors (Lipinski definition) is 0. The van der Waals surface area contributed by atoms with Crippen LogP contribution in [-0.4, -0.2) is 17.4 Å². The van der Waals surface area contributed by atoms with E-state index in [1.54, 1.807) is 12.2 Å². The fraction of sp³-hybridized carbons (Fsp3) is 0.667. The zero-order chi connectivity index (χ0) is 14.6. The molecule has 0 aromatic rings. The van der Waals surface area contributed by atoms with Gasteiger partial charge in [0.1, 0.15) is 11.2 Å². The van der Waals surface area contributed by atoms with Crippen molar-refractivity contribution in [1.29, 1.82) is 0 Å². The molecule has 104 valence electrons. The summed E-state index contributed by atoms with van der Waals surface area (Å²) in [6.07, 6.45) is 2.56. The molecule has 0 bridgehead atoms. The maximum atomic E-state index is 11.9. The third-order valence-corrected chi connectivity index (χ3v) is 3.71. The summed E-state index contributed by atoms with van der Waals surface area (Å²) < 4.78 is 10.7. The Hall–Kier alpha value is -1.25. The second kappa shape index (κ2) is 6.07. The van der Waals surface area contributed by atoms with Crippen LogP contribution in [0.4, 0.5) is 4.79 Å². The quantitative estimate of drug-likeness (QED) is 0.522. The third kappa shape index (κ3) is 3.90. The van der Waals surface area contributed by atoms with E-state index in [0.29, 0.717) is 0 Å². The molecule has 0 saturated carbocycles. The van der Waals surface area contributed by atoms with Crippen LogP contribution in [0.3, 0.4) is 0 Å². The molecular formula is C15H26O3. The summed E-state index contributed by atoms with van der Waals surface area (Å²) in [5.74, 6) is 0.244. The molecule has 0 aliphatic rings. The van der Waals surface area contributed by atoms with Crippen LogP contribution in [0.1, 0.15) is 41.5 Å². The van der Waals surface area contributed by atoms with Gasteiger partial charge in [-0.15, -0.1) is 0 Å². The maximum absolute atomic E-state index is 11.9. The zero-order valence-electron chi connectivity index (χ0n) is 12.4. The number of carbonyl (C=O) groups is 1. The van der Waals surface area contributed by atoms with Gasteiger partial charge < -0.3 is 9.47 Å². The first-order chi connectivity index (χ1) is 8.11. The van der Waals surface area contributed by atoms with E-state index < -0.39 is 17.4 Å². The molecule has 0 aliphatic carbocycles. The summed E-state index contributed by atoms with van der Waals surface area (Å²) in [6.45, 7) is 18.9. The minimum absolute atomic E-state index is 0.122. The molecular weight excluding hydrogens is 228 g/mol. The largest absolute Gasteiger partial charge is 0.510 e. The van der Waals surface area contributed by atoms with Crippen molar-refractivity contribution in [2.75, 3.05) is 0 Å². The van der Waals surface area contributed by atoms with Crippen LogP contribution in [0.15, 0.2) is 25.3 Å². The van der Waals surface area contributed by atoms with Crippen molar-refractivity contribution in [2.45, 2.75) is 52.7 Å². The molecule has 0 N–H and O–H groups in total. The third-order valence-electron chi connectivity index (χ3n) is 3.71. The van der Waals surface area contributed by atoms with Crippen LogP contribution in [0.2, 0.25) is 0 Å². The molecule has 18 heavy (non-hydrogen) atoms. The SMILES string of the molecule is C=CC(C)(OC(=O)OC(C)(C=C)C(C)C)C(C)C. The molecule has 0 radical (unpaired) electrons. The molecule has 0 aromatic carbocycles. The highest BCUT2D eigenvalue weighted by molar-refractivity contribution is 5.62. The lowest BCUT2D eigenvalue weighted by atomic mass is 9.92. The fourth-order valence-electron chi connectivity index (χ4n) is 1.17. The predicted octanol–water partition coefficient (Wildman–Crippen LogP) is 4.34. The fourth-order valence-corrected chi connectivity index (χ4v) is 1.17. The van der Waals surface area contributed by atoms with Gasteiger partial charge in [-0.05, 0) is 37.8 Å². The van der Waals surface area contributed by atoms with Gasteiger partial charge in [0.05, 0.1) is 0 Å². The lowest BCUT2D eigenvalue weighted by Crippen LogP contribution is -2.40. The van der Waals surface area contributed by atoms with Crippen LogP contribution in [0.5, 0.6) is 0 Å². The topological polar surface area (TPSA) is 35.5 Å². The van der Waals surface area contributed by atoms with Gasteiger partial charge in [-0.25, -0.2) is 4.79 Å². The van der Waals surface area contributed by atoms with Crippen molar-refractivity contribution in [3.05, 3.63) is 25.3 Å². The lowest BCUT2D eigenvalue weighted by Gasteiger charge is -2.34. The molecule has 2 atom stereocenters. The van der Waals surface area contributed by atoms with Crippen LogP contribution in [0.25, 0.3) is 0 Å². The lowest BCUT2D eigenvalue weighted by molar-refractivity contribution is -0.0658. The Morgan fingerprint density at radius 2 is 1.22 bits per heavy atom. The molecule has 0 aromatic heterocycles. The Balaban J connectivity index is 4.80. The van der Waals surface area contributed by atoms with E-state index in [0.717, 1.165) is 0 Å². The van der Waals surface area contributed by atoms with Crippen molar-refractivity contribution in [3.8, 4) is 0 Å². The van der Waals surface area contributed by atoms with E-state index in [2.05, 4.69) is 13.2 Å². The highest BCUT2D eigenvalue weighted by Crippen LogP contribution is 2.27. The molecule has 0 fully saturated rings.